The zero-order chi connectivity index (χ0) is 23.3. The van der Waals surface area contributed by atoms with Gasteiger partial charge in [0.25, 0.3) is 5.91 Å². The Morgan fingerprint density at radius 1 is 0.781 bits per heavy atom. The predicted octanol–water partition coefficient (Wildman–Crippen LogP) is 5.89. The summed E-state index contributed by atoms with van der Waals surface area (Å²) in [5, 5.41) is 2.75. The van der Waals surface area contributed by atoms with Gasteiger partial charge in [0, 0.05) is 17.2 Å². The number of nitrogens with one attached hydrogen (secondary N) is 1. The molecule has 6 heteroatoms. The molecule has 1 N–H and O–H groups in total. The Labute approximate surface area is 187 Å². The Morgan fingerprint density at radius 3 is 2.12 bits per heavy atom. The molecule has 0 bridgehead atoms. The van der Waals surface area contributed by atoms with Crippen LogP contribution in [-0.2, 0) is 4.74 Å². The summed E-state index contributed by atoms with van der Waals surface area (Å²) in [5.41, 5.74) is 0.448. The SMILES string of the molecule is CC(=O)c1cccc(C(=O)Nc2cc(Oc3ccccc3)ccc2C(=O)OC(C)(C)C)c1. The van der Waals surface area contributed by atoms with Crippen molar-refractivity contribution in [2.75, 3.05) is 5.32 Å². The number of carbonyl (C=O) groups is 3. The first-order valence-electron chi connectivity index (χ1n) is 10.1. The molecule has 0 spiro atoms. The lowest BCUT2D eigenvalue weighted by Crippen LogP contribution is -2.25. The number of anilines is 1. The number of esters is 1. The lowest BCUT2D eigenvalue weighted by atomic mass is 10.1. The first-order valence-corrected chi connectivity index (χ1v) is 10.1. The Hall–Kier alpha value is -3.93. The largest absolute Gasteiger partial charge is 0.457 e. The summed E-state index contributed by atoms with van der Waals surface area (Å²) < 4.78 is 11.3. The van der Waals surface area contributed by atoms with Crippen molar-refractivity contribution in [1.82, 2.24) is 0 Å². The Bertz CT molecular complexity index is 1150. The summed E-state index contributed by atoms with van der Waals surface area (Å²) in [6, 6.07) is 20.3. The van der Waals surface area contributed by atoms with Gasteiger partial charge >= 0.3 is 5.97 Å². The van der Waals surface area contributed by atoms with E-state index in [1.165, 1.54) is 13.0 Å². The molecule has 6 nitrogen and oxygen atoms in total. The van der Waals surface area contributed by atoms with Crippen molar-refractivity contribution in [3.05, 3.63) is 89.5 Å². The van der Waals surface area contributed by atoms with Crippen LogP contribution in [0.5, 0.6) is 11.5 Å². The summed E-state index contributed by atoms with van der Waals surface area (Å²) in [4.78, 5) is 37.3. The molecule has 0 radical (unpaired) electrons. The number of hydrogen-bond donors (Lipinski definition) is 1. The first kappa shape index (κ1) is 22.7. The summed E-state index contributed by atoms with van der Waals surface area (Å²) in [6.07, 6.45) is 0. The smallest absolute Gasteiger partial charge is 0.340 e. The van der Waals surface area contributed by atoms with Crippen LogP contribution in [0.3, 0.4) is 0 Å². The van der Waals surface area contributed by atoms with Crippen LogP contribution in [0.15, 0.2) is 72.8 Å². The summed E-state index contributed by atoms with van der Waals surface area (Å²) in [6.45, 7) is 6.73. The van der Waals surface area contributed by atoms with Gasteiger partial charge in [-0.25, -0.2) is 4.79 Å². The highest BCUT2D eigenvalue weighted by Gasteiger charge is 2.22. The molecule has 0 aromatic heterocycles. The predicted molar refractivity (Wildman–Crippen MR) is 123 cm³/mol. The molecule has 1 amide bonds. The Kier molecular flexibility index (Phi) is 6.73. The van der Waals surface area contributed by atoms with Crippen molar-refractivity contribution in [3.8, 4) is 11.5 Å². The van der Waals surface area contributed by atoms with Crippen LogP contribution in [-0.4, -0.2) is 23.3 Å². The van der Waals surface area contributed by atoms with E-state index in [2.05, 4.69) is 5.32 Å². The summed E-state index contributed by atoms with van der Waals surface area (Å²) in [7, 11) is 0. The van der Waals surface area contributed by atoms with Crippen LogP contribution in [0, 0.1) is 0 Å². The lowest BCUT2D eigenvalue weighted by Gasteiger charge is -2.21. The van der Waals surface area contributed by atoms with Gasteiger partial charge in [-0.05, 0) is 64.1 Å². The van der Waals surface area contributed by atoms with Crippen LogP contribution >= 0.6 is 0 Å². The molecule has 3 aromatic carbocycles. The van der Waals surface area contributed by atoms with E-state index in [1.807, 2.05) is 18.2 Å². The second-order valence-corrected chi connectivity index (χ2v) is 8.22. The van der Waals surface area contributed by atoms with Gasteiger partial charge in [-0.2, -0.15) is 0 Å². The molecule has 0 unspecified atom stereocenters. The van der Waals surface area contributed by atoms with Crippen molar-refractivity contribution >= 4 is 23.3 Å². The zero-order valence-electron chi connectivity index (χ0n) is 18.5. The highest BCUT2D eigenvalue weighted by Crippen LogP contribution is 2.29. The maximum Gasteiger partial charge on any atom is 0.340 e. The number of Topliss-reactive ketones (excluding diaryl/α,β-unsaturated/α-hetero) is 1. The minimum Gasteiger partial charge on any atom is -0.457 e. The molecular weight excluding hydrogens is 406 g/mol. The van der Waals surface area contributed by atoms with Crippen molar-refractivity contribution in [1.29, 1.82) is 0 Å². The molecule has 0 fully saturated rings. The van der Waals surface area contributed by atoms with Gasteiger partial charge in [0.2, 0.25) is 0 Å². The number of carbonyl (C=O) groups excluding carboxylic acids is 3. The van der Waals surface area contributed by atoms with E-state index in [4.69, 9.17) is 9.47 Å². The van der Waals surface area contributed by atoms with Crippen LogP contribution in [0.1, 0.15) is 58.8 Å². The van der Waals surface area contributed by atoms with E-state index in [1.54, 1.807) is 69.3 Å². The maximum atomic E-state index is 12.9. The van der Waals surface area contributed by atoms with Gasteiger partial charge in [-0.3, -0.25) is 9.59 Å². The van der Waals surface area contributed by atoms with Crippen LogP contribution < -0.4 is 10.1 Å². The molecule has 32 heavy (non-hydrogen) atoms. The Balaban J connectivity index is 1.94. The average molecular weight is 431 g/mol. The van der Waals surface area contributed by atoms with Crippen molar-refractivity contribution < 1.29 is 23.9 Å². The minimum atomic E-state index is -0.701. The van der Waals surface area contributed by atoms with Crippen LogP contribution in [0.4, 0.5) is 5.69 Å². The highest BCUT2D eigenvalue weighted by atomic mass is 16.6. The molecule has 164 valence electrons. The van der Waals surface area contributed by atoms with Crippen molar-refractivity contribution in [2.45, 2.75) is 33.3 Å². The number of ketones is 1. The fourth-order valence-electron chi connectivity index (χ4n) is 2.90. The second-order valence-electron chi connectivity index (χ2n) is 8.22. The Morgan fingerprint density at radius 2 is 1.47 bits per heavy atom. The summed E-state index contributed by atoms with van der Waals surface area (Å²) >= 11 is 0. The lowest BCUT2D eigenvalue weighted by molar-refractivity contribution is 0.00706. The number of hydrogen-bond acceptors (Lipinski definition) is 5. The third-order valence-corrected chi connectivity index (χ3v) is 4.37. The molecule has 0 aliphatic heterocycles. The molecule has 3 aromatic rings. The zero-order valence-corrected chi connectivity index (χ0v) is 18.5. The van der Waals surface area contributed by atoms with Gasteiger partial charge < -0.3 is 14.8 Å². The van der Waals surface area contributed by atoms with Crippen molar-refractivity contribution in [3.63, 3.8) is 0 Å². The molecule has 0 saturated carbocycles. The maximum absolute atomic E-state index is 12.9. The normalized spacial score (nSPS) is 10.9. The fourth-order valence-corrected chi connectivity index (χ4v) is 2.90. The third-order valence-electron chi connectivity index (χ3n) is 4.37. The van der Waals surface area contributed by atoms with Gasteiger partial charge in [0.05, 0.1) is 11.3 Å². The standard InChI is InChI=1S/C26H25NO5/c1-17(28)18-9-8-10-19(15-18)24(29)27-23-16-21(31-20-11-6-5-7-12-20)13-14-22(23)25(30)32-26(2,3)4/h5-16H,1-4H3,(H,27,29). The number of ether oxygens (including phenoxy) is 2. The van der Waals surface area contributed by atoms with Crippen LogP contribution in [0.25, 0.3) is 0 Å². The molecule has 0 aliphatic carbocycles. The van der Waals surface area contributed by atoms with E-state index in [0.717, 1.165) is 0 Å². The molecule has 0 aliphatic rings. The van der Waals surface area contributed by atoms with Gasteiger partial charge in [0.1, 0.15) is 17.1 Å². The number of rotatable bonds is 6. The molecule has 3 rings (SSSR count). The molecule has 0 heterocycles. The topological polar surface area (TPSA) is 81.7 Å². The fraction of sp³-hybridized carbons (Fsp3) is 0.192. The minimum absolute atomic E-state index is 0.146. The summed E-state index contributed by atoms with van der Waals surface area (Å²) in [5.74, 6) is -0.126. The monoisotopic (exact) mass is 431 g/mol. The quantitative estimate of drug-likeness (QED) is 0.389. The van der Waals surface area contributed by atoms with E-state index in [-0.39, 0.29) is 17.0 Å². The van der Waals surface area contributed by atoms with E-state index < -0.39 is 17.5 Å². The van der Waals surface area contributed by atoms with Gasteiger partial charge in [-0.1, -0.05) is 30.3 Å². The van der Waals surface area contributed by atoms with E-state index >= 15 is 0 Å². The van der Waals surface area contributed by atoms with Crippen molar-refractivity contribution in [2.24, 2.45) is 0 Å². The van der Waals surface area contributed by atoms with E-state index in [0.29, 0.717) is 22.6 Å². The average Bonchev–Trinajstić information content (AvgIpc) is 2.73. The van der Waals surface area contributed by atoms with Gasteiger partial charge in [-0.15, -0.1) is 0 Å². The van der Waals surface area contributed by atoms with E-state index in [9.17, 15) is 14.4 Å². The molecule has 0 atom stereocenters. The third kappa shape index (κ3) is 6.04. The van der Waals surface area contributed by atoms with Crippen LogP contribution in [0.2, 0.25) is 0 Å². The first-order chi connectivity index (χ1) is 15.1. The molecular formula is C26H25NO5. The highest BCUT2D eigenvalue weighted by molar-refractivity contribution is 6.09. The second kappa shape index (κ2) is 9.47. The van der Waals surface area contributed by atoms with Gasteiger partial charge in [0.15, 0.2) is 5.78 Å². The molecule has 0 saturated heterocycles. The number of para-hydroxylation sites is 1. The number of benzene rings is 3. The number of amides is 1.